The van der Waals surface area contributed by atoms with Gasteiger partial charge in [0.15, 0.2) is 5.96 Å². The SMILES string of the molecule is CCC1CN(C(=NC)NCc2ccnc(N3CCN(CC)CC3)c2)CCS1.I. The average Bonchev–Trinajstić information content (AvgIpc) is 2.74. The zero-order chi connectivity index (χ0) is 19.1. The lowest BCUT2D eigenvalue weighted by atomic mass is 10.2. The first-order valence-electron chi connectivity index (χ1n) is 10.2. The van der Waals surface area contributed by atoms with E-state index in [2.05, 4.69) is 67.7 Å². The maximum Gasteiger partial charge on any atom is 0.193 e. The number of rotatable bonds is 5. The first-order chi connectivity index (χ1) is 13.2. The molecule has 1 aromatic heterocycles. The molecule has 1 atom stereocenters. The molecule has 0 amide bonds. The second-order valence-electron chi connectivity index (χ2n) is 7.19. The average molecular weight is 519 g/mol. The number of likely N-dealkylation sites (N-methyl/N-ethyl adjacent to an activating group) is 1. The van der Waals surface area contributed by atoms with Gasteiger partial charge in [-0.05, 0) is 30.7 Å². The second kappa shape index (κ2) is 12.1. The fourth-order valence-corrected chi connectivity index (χ4v) is 4.89. The zero-order valence-electron chi connectivity index (χ0n) is 17.4. The van der Waals surface area contributed by atoms with Gasteiger partial charge in [-0.3, -0.25) is 4.99 Å². The minimum absolute atomic E-state index is 0. The van der Waals surface area contributed by atoms with E-state index in [-0.39, 0.29) is 24.0 Å². The molecule has 0 bridgehead atoms. The number of halogens is 1. The third kappa shape index (κ3) is 6.38. The number of hydrogen-bond donors (Lipinski definition) is 1. The topological polar surface area (TPSA) is 47.0 Å². The number of guanidine groups is 1. The highest BCUT2D eigenvalue weighted by Gasteiger charge is 2.21. The van der Waals surface area contributed by atoms with Crippen LogP contribution in [0, 0.1) is 0 Å². The summed E-state index contributed by atoms with van der Waals surface area (Å²) in [5.41, 5.74) is 1.26. The second-order valence-corrected chi connectivity index (χ2v) is 8.60. The largest absolute Gasteiger partial charge is 0.354 e. The van der Waals surface area contributed by atoms with Crippen LogP contribution in [0.5, 0.6) is 0 Å². The van der Waals surface area contributed by atoms with E-state index in [1.54, 1.807) is 0 Å². The molecule has 8 heteroatoms. The summed E-state index contributed by atoms with van der Waals surface area (Å²) in [5, 5.41) is 4.27. The molecule has 0 spiro atoms. The Labute approximate surface area is 191 Å². The van der Waals surface area contributed by atoms with Gasteiger partial charge in [-0.15, -0.1) is 24.0 Å². The van der Waals surface area contributed by atoms with E-state index in [0.717, 1.165) is 64.1 Å². The summed E-state index contributed by atoms with van der Waals surface area (Å²) < 4.78 is 0. The van der Waals surface area contributed by atoms with Gasteiger partial charge in [-0.2, -0.15) is 11.8 Å². The van der Waals surface area contributed by atoms with E-state index in [1.807, 2.05) is 13.2 Å². The fourth-order valence-electron chi connectivity index (χ4n) is 3.71. The summed E-state index contributed by atoms with van der Waals surface area (Å²) in [4.78, 5) is 16.4. The molecule has 0 aromatic carbocycles. The number of piperazine rings is 1. The lowest BCUT2D eigenvalue weighted by molar-refractivity contribution is 0.270. The quantitative estimate of drug-likeness (QED) is 0.368. The Morgan fingerprint density at radius 2 is 2.04 bits per heavy atom. The lowest BCUT2D eigenvalue weighted by Gasteiger charge is -2.35. The number of hydrogen-bond acceptors (Lipinski definition) is 5. The predicted molar refractivity (Wildman–Crippen MR) is 132 cm³/mol. The highest BCUT2D eigenvalue weighted by molar-refractivity contribution is 14.0. The molecular weight excluding hydrogens is 483 g/mol. The van der Waals surface area contributed by atoms with Gasteiger partial charge in [0.2, 0.25) is 0 Å². The Balaban J connectivity index is 0.00000280. The molecule has 158 valence electrons. The van der Waals surface area contributed by atoms with Gasteiger partial charge < -0.3 is 20.0 Å². The first kappa shape index (κ1) is 23.5. The number of anilines is 1. The lowest BCUT2D eigenvalue weighted by Crippen LogP contribution is -2.47. The van der Waals surface area contributed by atoms with Gasteiger partial charge in [0.25, 0.3) is 0 Å². The normalized spacial score (nSPS) is 21.4. The molecule has 0 radical (unpaired) electrons. The number of nitrogens with one attached hydrogen (secondary N) is 1. The summed E-state index contributed by atoms with van der Waals surface area (Å²) in [6.45, 7) is 13.0. The van der Waals surface area contributed by atoms with E-state index < -0.39 is 0 Å². The Bertz CT molecular complexity index is 620. The van der Waals surface area contributed by atoms with Gasteiger partial charge in [0.1, 0.15) is 5.82 Å². The predicted octanol–water partition coefficient (Wildman–Crippen LogP) is 2.74. The molecule has 2 saturated heterocycles. The van der Waals surface area contributed by atoms with Gasteiger partial charge in [-0.25, -0.2) is 4.98 Å². The smallest absolute Gasteiger partial charge is 0.193 e. The molecule has 2 fully saturated rings. The summed E-state index contributed by atoms with van der Waals surface area (Å²) in [7, 11) is 1.89. The van der Waals surface area contributed by atoms with Crippen LogP contribution in [0.4, 0.5) is 5.82 Å². The maximum absolute atomic E-state index is 4.61. The van der Waals surface area contributed by atoms with Crippen LogP contribution >= 0.6 is 35.7 Å². The number of aromatic nitrogens is 1. The van der Waals surface area contributed by atoms with E-state index in [1.165, 1.54) is 17.7 Å². The van der Waals surface area contributed by atoms with Crippen molar-refractivity contribution in [2.75, 3.05) is 63.5 Å². The van der Waals surface area contributed by atoms with Crippen molar-refractivity contribution in [1.82, 2.24) is 20.1 Å². The Morgan fingerprint density at radius 1 is 1.25 bits per heavy atom. The van der Waals surface area contributed by atoms with Gasteiger partial charge >= 0.3 is 0 Å². The molecule has 1 aromatic rings. The monoisotopic (exact) mass is 518 g/mol. The van der Waals surface area contributed by atoms with E-state index >= 15 is 0 Å². The maximum atomic E-state index is 4.61. The van der Waals surface area contributed by atoms with Gasteiger partial charge in [0, 0.05) is 70.1 Å². The first-order valence-corrected chi connectivity index (χ1v) is 11.3. The van der Waals surface area contributed by atoms with Crippen LogP contribution in [-0.4, -0.2) is 84.6 Å². The summed E-state index contributed by atoms with van der Waals surface area (Å²) in [5.74, 6) is 3.30. The van der Waals surface area contributed by atoms with Crippen molar-refractivity contribution in [2.45, 2.75) is 32.1 Å². The van der Waals surface area contributed by atoms with E-state index in [4.69, 9.17) is 0 Å². The van der Waals surface area contributed by atoms with Crippen molar-refractivity contribution in [1.29, 1.82) is 0 Å². The van der Waals surface area contributed by atoms with Gasteiger partial charge in [0.05, 0.1) is 0 Å². The van der Waals surface area contributed by atoms with Crippen LogP contribution in [0.15, 0.2) is 23.3 Å². The van der Waals surface area contributed by atoms with Crippen molar-refractivity contribution in [3.63, 3.8) is 0 Å². The number of nitrogens with zero attached hydrogens (tertiary/aromatic N) is 5. The van der Waals surface area contributed by atoms with Crippen molar-refractivity contribution >= 4 is 47.5 Å². The van der Waals surface area contributed by atoms with Crippen LogP contribution in [0.2, 0.25) is 0 Å². The third-order valence-corrected chi connectivity index (χ3v) is 6.88. The van der Waals surface area contributed by atoms with Crippen molar-refractivity contribution < 1.29 is 0 Å². The van der Waals surface area contributed by atoms with Crippen molar-refractivity contribution in [2.24, 2.45) is 4.99 Å². The van der Waals surface area contributed by atoms with Gasteiger partial charge in [-0.1, -0.05) is 13.8 Å². The van der Waals surface area contributed by atoms with E-state index in [9.17, 15) is 0 Å². The van der Waals surface area contributed by atoms with Crippen LogP contribution in [0.3, 0.4) is 0 Å². The van der Waals surface area contributed by atoms with Crippen LogP contribution < -0.4 is 10.2 Å². The Morgan fingerprint density at radius 3 is 2.71 bits per heavy atom. The molecule has 2 aliphatic rings. The molecule has 0 saturated carbocycles. The third-order valence-electron chi connectivity index (χ3n) is 5.51. The fraction of sp³-hybridized carbons (Fsp3) is 0.700. The highest BCUT2D eigenvalue weighted by atomic mass is 127. The van der Waals surface area contributed by atoms with E-state index in [0.29, 0.717) is 5.25 Å². The molecule has 6 nitrogen and oxygen atoms in total. The zero-order valence-corrected chi connectivity index (χ0v) is 20.6. The van der Waals surface area contributed by atoms with Crippen LogP contribution in [0.25, 0.3) is 0 Å². The number of pyridine rings is 1. The number of aliphatic imine (C=N–C) groups is 1. The van der Waals surface area contributed by atoms with Crippen LogP contribution in [-0.2, 0) is 6.54 Å². The molecule has 1 unspecified atom stereocenters. The molecule has 2 aliphatic heterocycles. The molecule has 1 N–H and O–H groups in total. The number of thioether (sulfide) groups is 1. The summed E-state index contributed by atoms with van der Waals surface area (Å²) in [6.07, 6.45) is 3.16. The molecule has 28 heavy (non-hydrogen) atoms. The minimum Gasteiger partial charge on any atom is -0.354 e. The standard InChI is InChI=1S/C20H34N6S.HI/c1-4-18-16-26(12-13-27-18)20(21-3)23-15-17-6-7-22-19(14-17)25-10-8-24(5-2)9-11-25;/h6-7,14,18H,4-5,8-13,15-16H2,1-3H3,(H,21,23);1H. The van der Waals surface area contributed by atoms with Crippen LogP contribution in [0.1, 0.15) is 25.8 Å². The molecule has 3 rings (SSSR count). The molecular formula is C20H35IN6S. The Hall–Kier alpha value is -0.740. The highest BCUT2D eigenvalue weighted by Crippen LogP contribution is 2.21. The minimum atomic E-state index is 0. The summed E-state index contributed by atoms with van der Waals surface area (Å²) >= 11 is 2.09. The molecule has 0 aliphatic carbocycles. The molecule has 3 heterocycles. The Kier molecular flexibility index (Phi) is 10.1. The summed E-state index contributed by atoms with van der Waals surface area (Å²) in [6, 6.07) is 4.33. The van der Waals surface area contributed by atoms with Crippen molar-refractivity contribution in [3.05, 3.63) is 23.9 Å². The van der Waals surface area contributed by atoms with Crippen molar-refractivity contribution in [3.8, 4) is 0 Å².